The third-order valence-corrected chi connectivity index (χ3v) is 4.46. The van der Waals surface area contributed by atoms with Gasteiger partial charge in [-0.25, -0.2) is 0 Å². The number of rotatable bonds is 7. The van der Waals surface area contributed by atoms with Crippen LogP contribution in [0.5, 0.6) is 5.75 Å². The zero-order valence-corrected chi connectivity index (χ0v) is 16.1. The molecule has 1 N–H and O–H groups in total. The van der Waals surface area contributed by atoms with E-state index >= 15 is 0 Å². The highest BCUT2D eigenvalue weighted by Gasteiger charge is 2.23. The largest absolute Gasteiger partial charge is 0.433 e. The standard InChI is InChI=1S/C20H18F2N4O4/c1-12-18(26(28)29)13(2)25(24-12)11-14-7-3-4-8-15(14)19(27)23-16-9-5-6-10-17(16)30-20(21)22/h3-10,20H,11H2,1-2H3,(H,23,27). The fourth-order valence-electron chi connectivity index (χ4n) is 3.10. The fourth-order valence-corrected chi connectivity index (χ4v) is 3.10. The Balaban J connectivity index is 1.89. The molecular weight excluding hydrogens is 398 g/mol. The lowest BCUT2D eigenvalue weighted by molar-refractivity contribution is -0.386. The smallest absolute Gasteiger partial charge is 0.387 e. The first-order chi connectivity index (χ1) is 14.3. The van der Waals surface area contributed by atoms with E-state index in [0.717, 1.165) is 0 Å². The van der Waals surface area contributed by atoms with Crippen molar-refractivity contribution >= 4 is 17.3 Å². The van der Waals surface area contributed by atoms with Crippen LogP contribution in [0.15, 0.2) is 48.5 Å². The molecule has 3 rings (SSSR count). The zero-order valence-electron chi connectivity index (χ0n) is 16.1. The predicted molar refractivity (Wildman–Crippen MR) is 105 cm³/mol. The summed E-state index contributed by atoms with van der Waals surface area (Å²) in [7, 11) is 0. The molecule has 0 saturated heterocycles. The molecule has 1 amide bonds. The molecule has 0 aliphatic rings. The molecule has 10 heteroatoms. The summed E-state index contributed by atoms with van der Waals surface area (Å²) in [6, 6.07) is 12.5. The van der Waals surface area contributed by atoms with Gasteiger partial charge in [0.1, 0.15) is 17.1 Å². The summed E-state index contributed by atoms with van der Waals surface area (Å²) in [6.07, 6.45) is 0. The van der Waals surface area contributed by atoms with Crippen molar-refractivity contribution in [3.05, 3.63) is 81.2 Å². The van der Waals surface area contributed by atoms with E-state index in [-0.39, 0.29) is 34.9 Å². The van der Waals surface area contributed by atoms with Crippen molar-refractivity contribution in [2.75, 3.05) is 5.32 Å². The molecule has 0 unspecified atom stereocenters. The molecule has 1 heterocycles. The SMILES string of the molecule is Cc1nn(Cc2ccccc2C(=O)Nc2ccccc2OC(F)F)c(C)c1[N+](=O)[O-]. The third kappa shape index (κ3) is 4.43. The van der Waals surface area contributed by atoms with Crippen molar-refractivity contribution in [2.45, 2.75) is 27.0 Å². The van der Waals surface area contributed by atoms with E-state index in [4.69, 9.17) is 0 Å². The Hall–Kier alpha value is -3.82. The normalized spacial score (nSPS) is 10.8. The second-order valence-corrected chi connectivity index (χ2v) is 6.42. The molecule has 2 aromatic carbocycles. The second kappa shape index (κ2) is 8.68. The highest BCUT2D eigenvalue weighted by molar-refractivity contribution is 6.06. The number of benzene rings is 2. The average molecular weight is 416 g/mol. The maximum absolute atomic E-state index is 12.8. The molecule has 0 radical (unpaired) electrons. The fraction of sp³-hybridized carbons (Fsp3) is 0.200. The van der Waals surface area contributed by atoms with Crippen molar-refractivity contribution in [2.24, 2.45) is 0 Å². The van der Waals surface area contributed by atoms with Gasteiger partial charge in [-0.2, -0.15) is 13.9 Å². The number of para-hydroxylation sites is 2. The van der Waals surface area contributed by atoms with Crippen molar-refractivity contribution < 1.29 is 23.2 Å². The number of ether oxygens (including phenoxy) is 1. The van der Waals surface area contributed by atoms with Crippen molar-refractivity contribution in [3.63, 3.8) is 0 Å². The highest BCUT2D eigenvalue weighted by Crippen LogP contribution is 2.27. The van der Waals surface area contributed by atoms with Gasteiger partial charge in [0.2, 0.25) is 0 Å². The van der Waals surface area contributed by atoms with E-state index in [1.54, 1.807) is 44.2 Å². The highest BCUT2D eigenvalue weighted by atomic mass is 19.3. The van der Waals surface area contributed by atoms with Crippen LogP contribution >= 0.6 is 0 Å². The summed E-state index contributed by atoms with van der Waals surface area (Å²) in [4.78, 5) is 23.6. The van der Waals surface area contributed by atoms with E-state index in [1.165, 1.54) is 22.9 Å². The summed E-state index contributed by atoms with van der Waals surface area (Å²) in [5.74, 6) is -0.695. The van der Waals surface area contributed by atoms with E-state index in [9.17, 15) is 23.7 Å². The van der Waals surface area contributed by atoms with Gasteiger partial charge in [0, 0.05) is 5.56 Å². The first-order valence-corrected chi connectivity index (χ1v) is 8.89. The molecule has 1 aromatic heterocycles. The van der Waals surface area contributed by atoms with Crippen LogP contribution in [0.25, 0.3) is 0 Å². The summed E-state index contributed by atoms with van der Waals surface area (Å²) in [5, 5.41) is 18.0. The van der Waals surface area contributed by atoms with Crippen molar-refractivity contribution in [1.82, 2.24) is 9.78 Å². The Morgan fingerprint density at radius 1 is 1.20 bits per heavy atom. The zero-order chi connectivity index (χ0) is 21.8. The van der Waals surface area contributed by atoms with Gasteiger partial charge >= 0.3 is 12.3 Å². The predicted octanol–water partition coefficient (Wildman–Crippen LogP) is 4.31. The van der Waals surface area contributed by atoms with Gasteiger partial charge in [-0.15, -0.1) is 0 Å². The molecule has 8 nitrogen and oxygen atoms in total. The lowest BCUT2D eigenvalue weighted by atomic mass is 10.1. The summed E-state index contributed by atoms with van der Waals surface area (Å²) in [5.41, 5.74) is 1.50. The maximum Gasteiger partial charge on any atom is 0.387 e. The molecule has 0 spiro atoms. The van der Waals surface area contributed by atoms with Crippen LogP contribution in [-0.4, -0.2) is 27.2 Å². The number of aryl methyl sites for hydroxylation is 1. The van der Waals surface area contributed by atoms with E-state index in [2.05, 4.69) is 15.2 Å². The monoisotopic (exact) mass is 416 g/mol. The Bertz CT molecular complexity index is 1100. The minimum atomic E-state index is -3.03. The van der Waals surface area contributed by atoms with Gasteiger partial charge in [0.25, 0.3) is 5.91 Å². The molecule has 0 atom stereocenters. The molecule has 0 aliphatic heterocycles. The molecule has 0 saturated carbocycles. The van der Waals surface area contributed by atoms with E-state index in [1.807, 2.05) is 0 Å². The summed E-state index contributed by atoms with van der Waals surface area (Å²) >= 11 is 0. The molecule has 3 aromatic rings. The number of hydrogen-bond acceptors (Lipinski definition) is 5. The van der Waals surface area contributed by atoms with Gasteiger partial charge in [0.15, 0.2) is 0 Å². The Kier molecular flexibility index (Phi) is 6.05. The first kappa shape index (κ1) is 20.9. The Morgan fingerprint density at radius 3 is 2.53 bits per heavy atom. The lowest BCUT2D eigenvalue weighted by Crippen LogP contribution is -2.17. The number of carbonyl (C=O) groups excluding carboxylic acids is 1. The van der Waals surface area contributed by atoms with Gasteiger partial charge in [-0.1, -0.05) is 30.3 Å². The molecule has 30 heavy (non-hydrogen) atoms. The number of hydrogen-bond donors (Lipinski definition) is 1. The van der Waals surface area contributed by atoms with Crippen molar-refractivity contribution in [1.29, 1.82) is 0 Å². The lowest BCUT2D eigenvalue weighted by Gasteiger charge is -2.14. The Morgan fingerprint density at radius 2 is 1.87 bits per heavy atom. The second-order valence-electron chi connectivity index (χ2n) is 6.42. The van der Waals surface area contributed by atoms with Gasteiger partial charge in [-0.05, 0) is 37.6 Å². The number of nitrogens with one attached hydrogen (secondary N) is 1. The first-order valence-electron chi connectivity index (χ1n) is 8.89. The molecule has 0 fully saturated rings. The van der Waals surface area contributed by atoms with Crippen molar-refractivity contribution in [3.8, 4) is 5.75 Å². The Labute approximate surface area is 170 Å². The number of amides is 1. The number of halogens is 2. The van der Waals surface area contributed by atoms with E-state index < -0.39 is 17.4 Å². The summed E-state index contributed by atoms with van der Waals surface area (Å²) < 4.78 is 31.1. The molecule has 156 valence electrons. The number of nitrogens with zero attached hydrogens (tertiary/aromatic N) is 3. The van der Waals surface area contributed by atoms with Crippen LogP contribution in [0.1, 0.15) is 27.3 Å². The summed E-state index contributed by atoms with van der Waals surface area (Å²) in [6.45, 7) is 0.218. The molecule has 0 aliphatic carbocycles. The number of aromatic nitrogens is 2. The van der Waals surface area contributed by atoms with Gasteiger partial charge in [0.05, 0.1) is 17.2 Å². The molecular formula is C20H18F2N4O4. The quantitative estimate of drug-likeness (QED) is 0.457. The van der Waals surface area contributed by atoms with E-state index in [0.29, 0.717) is 11.3 Å². The van der Waals surface area contributed by atoms with Crippen LogP contribution in [0.4, 0.5) is 20.2 Å². The van der Waals surface area contributed by atoms with Gasteiger partial charge < -0.3 is 10.1 Å². The van der Waals surface area contributed by atoms with Crippen LogP contribution in [0, 0.1) is 24.0 Å². The van der Waals surface area contributed by atoms with Crippen LogP contribution < -0.4 is 10.1 Å². The van der Waals surface area contributed by atoms with Crippen LogP contribution in [-0.2, 0) is 6.54 Å². The van der Waals surface area contributed by atoms with Crippen LogP contribution in [0.3, 0.4) is 0 Å². The third-order valence-electron chi connectivity index (χ3n) is 4.46. The average Bonchev–Trinajstić information content (AvgIpc) is 2.96. The minimum absolute atomic E-state index is 0.0741. The number of alkyl halides is 2. The number of nitro groups is 1. The number of anilines is 1. The number of carbonyl (C=O) groups is 1. The molecule has 0 bridgehead atoms. The van der Waals surface area contributed by atoms with Gasteiger partial charge in [-0.3, -0.25) is 19.6 Å². The minimum Gasteiger partial charge on any atom is -0.433 e. The maximum atomic E-state index is 12.8. The van der Waals surface area contributed by atoms with Crippen LogP contribution in [0.2, 0.25) is 0 Å². The topological polar surface area (TPSA) is 99.3 Å².